The van der Waals surface area contributed by atoms with Crippen molar-refractivity contribution in [3.63, 3.8) is 0 Å². The number of anilines is 1. The lowest BCUT2D eigenvalue weighted by atomic mass is 9.49. The van der Waals surface area contributed by atoms with E-state index in [0.29, 0.717) is 29.0 Å². The fourth-order valence-electron chi connectivity index (χ4n) is 6.20. The number of nitrogens with one attached hydrogen (secondary N) is 2. The van der Waals surface area contributed by atoms with Gasteiger partial charge in [-0.15, -0.1) is 0 Å². The Labute approximate surface area is 188 Å². The summed E-state index contributed by atoms with van der Waals surface area (Å²) in [6, 6.07) is 6.51. The van der Waals surface area contributed by atoms with Crippen LogP contribution in [0.1, 0.15) is 69.2 Å². The van der Waals surface area contributed by atoms with Crippen molar-refractivity contribution in [2.75, 3.05) is 11.9 Å². The summed E-state index contributed by atoms with van der Waals surface area (Å²) >= 11 is 0. The molecule has 0 aromatic heterocycles. The predicted octanol–water partition coefficient (Wildman–Crippen LogP) is 3.48. The number of benzene rings is 1. The second kappa shape index (κ2) is 9.04. The molecule has 2 amide bonds. The molecule has 4 bridgehead atoms. The van der Waals surface area contributed by atoms with Crippen LogP contribution in [0.2, 0.25) is 0 Å². The molecule has 4 saturated carbocycles. The van der Waals surface area contributed by atoms with E-state index in [4.69, 9.17) is 4.74 Å². The van der Waals surface area contributed by atoms with Crippen molar-refractivity contribution in [1.82, 2.24) is 5.32 Å². The summed E-state index contributed by atoms with van der Waals surface area (Å²) in [5, 5.41) is 5.62. The largest absolute Gasteiger partial charge is 0.452 e. The number of hydrogen-bond donors (Lipinski definition) is 2. The highest BCUT2D eigenvalue weighted by Crippen LogP contribution is 2.60. The Morgan fingerprint density at radius 2 is 1.56 bits per heavy atom. The van der Waals surface area contributed by atoms with Gasteiger partial charge >= 0.3 is 5.97 Å². The third-order valence-electron chi connectivity index (χ3n) is 7.37. The molecule has 0 radical (unpaired) electrons. The van der Waals surface area contributed by atoms with Crippen LogP contribution in [0.4, 0.5) is 5.69 Å². The van der Waals surface area contributed by atoms with Gasteiger partial charge in [-0.25, -0.2) is 0 Å². The SMILES string of the molecule is CC(=O)c1ccc(NC(=O)C(C)OC(=O)CCNC(=O)C23CC4CC(CC(C4)C2)C3)cc1. The van der Waals surface area contributed by atoms with Crippen molar-refractivity contribution in [3.8, 4) is 0 Å². The van der Waals surface area contributed by atoms with Crippen molar-refractivity contribution in [2.45, 2.75) is 64.9 Å². The molecular weight excluding hydrogens is 408 g/mol. The van der Waals surface area contributed by atoms with Gasteiger partial charge in [0.1, 0.15) is 0 Å². The number of hydrogen-bond acceptors (Lipinski definition) is 5. The predicted molar refractivity (Wildman–Crippen MR) is 119 cm³/mol. The van der Waals surface area contributed by atoms with Crippen molar-refractivity contribution < 1.29 is 23.9 Å². The first-order chi connectivity index (χ1) is 15.2. The summed E-state index contributed by atoms with van der Waals surface area (Å²) < 4.78 is 5.22. The van der Waals surface area contributed by atoms with E-state index in [-0.39, 0.29) is 30.1 Å². The van der Waals surface area contributed by atoms with Crippen molar-refractivity contribution in [3.05, 3.63) is 29.8 Å². The molecule has 172 valence electrons. The topological polar surface area (TPSA) is 102 Å². The highest BCUT2D eigenvalue weighted by atomic mass is 16.5. The Balaban J connectivity index is 1.19. The van der Waals surface area contributed by atoms with Gasteiger partial charge in [-0.2, -0.15) is 0 Å². The van der Waals surface area contributed by atoms with Crippen LogP contribution in [0.15, 0.2) is 24.3 Å². The quantitative estimate of drug-likeness (QED) is 0.476. The molecule has 2 N–H and O–H groups in total. The summed E-state index contributed by atoms with van der Waals surface area (Å²) in [4.78, 5) is 48.7. The minimum atomic E-state index is -0.964. The molecule has 4 fully saturated rings. The van der Waals surface area contributed by atoms with Gasteiger partial charge in [0.15, 0.2) is 11.9 Å². The van der Waals surface area contributed by atoms with E-state index in [1.165, 1.54) is 33.1 Å². The van der Waals surface area contributed by atoms with Gasteiger partial charge in [0.25, 0.3) is 5.91 Å². The van der Waals surface area contributed by atoms with Gasteiger partial charge in [-0.05, 0) is 94.4 Å². The standard InChI is InChI=1S/C25H32N2O5/c1-15(28)20-3-5-21(6-4-20)27-23(30)16(2)32-22(29)7-8-26-24(31)25-12-17-9-18(13-25)11-19(10-17)14-25/h3-6,16-19H,7-14H2,1-2H3,(H,26,31)(H,27,30). The van der Waals surface area contributed by atoms with Crippen LogP contribution in [0.5, 0.6) is 0 Å². The van der Waals surface area contributed by atoms with E-state index < -0.39 is 18.0 Å². The molecule has 4 aliphatic carbocycles. The molecule has 7 heteroatoms. The lowest BCUT2D eigenvalue weighted by Gasteiger charge is -2.55. The maximum absolute atomic E-state index is 12.9. The van der Waals surface area contributed by atoms with Gasteiger partial charge in [0, 0.05) is 23.2 Å². The van der Waals surface area contributed by atoms with Crippen LogP contribution in [-0.4, -0.2) is 36.2 Å². The fourth-order valence-corrected chi connectivity index (χ4v) is 6.20. The molecule has 0 aliphatic heterocycles. The number of amides is 2. The molecule has 4 aliphatic rings. The summed E-state index contributed by atoms with van der Waals surface area (Å²) in [7, 11) is 0. The minimum absolute atomic E-state index is 0.0308. The zero-order chi connectivity index (χ0) is 22.9. The monoisotopic (exact) mass is 440 g/mol. The number of esters is 1. The molecule has 1 unspecified atom stereocenters. The number of ketones is 1. The van der Waals surface area contributed by atoms with Crippen molar-refractivity contribution in [1.29, 1.82) is 0 Å². The first-order valence-corrected chi connectivity index (χ1v) is 11.6. The van der Waals surface area contributed by atoms with Crippen LogP contribution in [0.3, 0.4) is 0 Å². The molecule has 0 spiro atoms. The molecule has 0 heterocycles. The molecule has 5 rings (SSSR count). The van der Waals surface area contributed by atoms with E-state index in [1.54, 1.807) is 24.3 Å². The minimum Gasteiger partial charge on any atom is -0.452 e. The maximum atomic E-state index is 12.9. The van der Waals surface area contributed by atoms with E-state index in [2.05, 4.69) is 10.6 Å². The van der Waals surface area contributed by atoms with Crippen LogP contribution in [-0.2, 0) is 19.1 Å². The number of carbonyl (C=O) groups excluding carboxylic acids is 4. The Hall–Kier alpha value is -2.70. The second-order valence-electron chi connectivity index (χ2n) is 9.96. The Morgan fingerprint density at radius 3 is 2.09 bits per heavy atom. The highest BCUT2D eigenvalue weighted by Gasteiger charge is 2.54. The molecule has 1 atom stereocenters. The number of ether oxygens (including phenoxy) is 1. The van der Waals surface area contributed by atoms with E-state index >= 15 is 0 Å². The summed E-state index contributed by atoms with van der Waals surface area (Å²) in [6.45, 7) is 3.20. The molecule has 1 aromatic rings. The third-order valence-corrected chi connectivity index (χ3v) is 7.37. The van der Waals surface area contributed by atoms with Crippen LogP contribution in [0, 0.1) is 23.2 Å². The molecule has 0 saturated heterocycles. The zero-order valence-electron chi connectivity index (χ0n) is 18.8. The Kier molecular flexibility index (Phi) is 6.35. The number of rotatable bonds is 8. The number of Topliss-reactive ketones (excluding diaryl/α,β-unsaturated/α-hetero) is 1. The first-order valence-electron chi connectivity index (χ1n) is 11.6. The summed E-state index contributed by atoms with van der Waals surface area (Å²) in [5.74, 6) is 1.13. The zero-order valence-corrected chi connectivity index (χ0v) is 18.8. The summed E-state index contributed by atoms with van der Waals surface area (Å²) in [6.07, 6.45) is 5.86. The fraction of sp³-hybridized carbons (Fsp3) is 0.600. The third kappa shape index (κ3) is 4.87. The molecule has 32 heavy (non-hydrogen) atoms. The van der Waals surface area contributed by atoms with Gasteiger partial charge in [-0.1, -0.05) is 0 Å². The van der Waals surface area contributed by atoms with Gasteiger partial charge in [-0.3, -0.25) is 19.2 Å². The normalized spacial score (nSPS) is 28.6. The van der Waals surface area contributed by atoms with E-state index in [1.807, 2.05) is 0 Å². The lowest BCUT2D eigenvalue weighted by molar-refractivity contribution is -0.153. The Bertz CT molecular complexity index is 872. The maximum Gasteiger partial charge on any atom is 0.308 e. The van der Waals surface area contributed by atoms with Crippen LogP contribution in [0.25, 0.3) is 0 Å². The highest BCUT2D eigenvalue weighted by molar-refractivity contribution is 5.97. The Morgan fingerprint density at radius 1 is 1.00 bits per heavy atom. The first kappa shape index (κ1) is 22.5. The lowest BCUT2D eigenvalue weighted by Crippen LogP contribution is -2.53. The van der Waals surface area contributed by atoms with Crippen molar-refractivity contribution >= 4 is 29.3 Å². The second-order valence-corrected chi connectivity index (χ2v) is 9.96. The smallest absolute Gasteiger partial charge is 0.308 e. The number of carbonyl (C=O) groups is 4. The molecule has 1 aromatic carbocycles. The average molecular weight is 441 g/mol. The summed E-state index contributed by atoms with van der Waals surface area (Å²) in [5.41, 5.74) is 0.841. The van der Waals surface area contributed by atoms with Crippen LogP contribution < -0.4 is 10.6 Å². The van der Waals surface area contributed by atoms with Crippen LogP contribution >= 0.6 is 0 Å². The van der Waals surface area contributed by atoms with E-state index in [9.17, 15) is 19.2 Å². The van der Waals surface area contributed by atoms with Gasteiger partial charge in [0.05, 0.1) is 6.42 Å². The van der Waals surface area contributed by atoms with Crippen molar-refractivity contribution in [2.24, 2.45) is 23.2 Å². The average Bonchev–Trinajstić information content (AvgIpc) is 2.73. The molecule has 7 nitrogen and oxygen atoms in total. The van der Waals surface area contributed by atoms with E-state index in [0.717, 1.165) is 19.3 Å². The van der Waals surface area contributed by atoms with Gasteiger partial charge in [0.2, 0.25) is 5.91 Å². The molecular formula is C25H32N2O5. The van der Waals surface area contributed by atoms with Gasteiger partial charge < -0.3 is 15.4 Å².